The van der Waals surface area contributed by atoms with Gasteiger partial charge in [0.05, 0.1) is 12.2 Å². The summed E-state index contributed by atoms with van der Waals surface area (Å²) in [7, 11) is 0. The molecule has 1 aromatic heterocycles. The number of ether oxygens (including phenoxy) is 1. The standard InChI is InChI=1S/C27H23N3O2/c31-27(22-13-12-20-7-4-5-8-21(20)15-22)18-30-14-6-9-23(17-30)26-16-24(28-29-26)19-32-25-10-2-1-3-11-25/h1-8,10-17H,9,18-19H2,(H,28,29). The zero-order chi connectivity index (χ0) is 21.8. The van der Waals surface area contributed by atoms with Gasteiger partial charge >= 0.3 is 0 Å². The lowest BCUT2D eigenvalue weighted by Crippen LogP contribution is -2.22. The van der Waals surface area contributed by atoms with Crippen molar-refractivity contribution in [1.29, 1.82) is 0 Å². The van der Waals surface area contributed by atoms with E-state index in [0.717, 1.165) is 45.5 Å². The van der Waals surface area contributed by atoms with E-state index in [1.165, 1.54) is 0 Å². The summed E-state index contributed by atoms with van der Waals surface area (Å²) in [5, 5.41) is 9.67. The van der Waals surface area contributed by atoms with Crippen molar-refractivity contribution in [3.63, 3.8) is 0 Å². The number of H-pyrrole nitrogens is 1. The van der Waals surface area contributed by atoms with Crippen LogP contribution in [0.25, 0.3) is 16.3 Å². The van der Waals surface area contributed by atoms with Gasteiger partial charge in [0.15, 0.2) is 5.78 Å². The lowest BCUT2D eigenvalue weighted by molar-refractivity contribution is 0.0970. The number of carbonyl (C=O) groups is 1. The minimum atomic E-state index is 0.0828. The van der Waals surface area contributed by atoms with Crippen LogP contribution in [0, 0.1) is 0 Å². The molecule has 5 heteroatoms. The Morgan fingerprint density at radius 3 is 2.66 bits per heavy atom. The third kappa shape index (κ3) is 4.47. The third-order valence-electron chi connectivity index (χ3n) is 5.46. The van der Waals surface area contributed by atoms with E-state index in [4.69, 9.17) is 4.74 Å². The van der Waals surface area contributed by atoms with E-state index < -0.39 is 0 Å². The number of rotatable bonds is 7. The number of hydrogen-bond acceptors (Lipinski definition) is 4. The van der Waals surface area contributed by atoms with Crippen molar-refractivity contribution >= 4 is 22.1 Å². The number of para-hydroxylation sites is 1. The molecule has 1 N–H and O–H groups in total. The highest BCUT2D eigenvalue weighted by Crippen LogP contribution is 2.23. The Kier molecular flexibility index (Phi) is 5.54. The number of fused-ring (bicyclic) bond motifs is 1. The lowest BCUT2D eigenvalue weighted by Gasteiger charge is -2.20. The first-order chi connectivity index (χ1) is 15.7. The fourth-order valence-corrected chi connectivity index (χ4v) is 3.78. The highest BCUT2D eigenvalue weighted by Gasteiger charge is 2.14. The van der Waals surface area contributed by atoms with E-state index >= 15 is 0 Å². The van der Waals surface area contributed by atoms with Gasteiger partial charge in [0.1, 0.15) is 18.1 Å². The molecule has 2 heterocycles. The van der Waals surface area contributed by atoms with E-state index in [0.29, 0.717) is 6.61 Å². The maximum Gasteiger partial charge on any atom is 0.182 e. The molecular weight excluding hydrogens is 398 g/mol. The van der Waals surface area contributed by atoms with Crippen LogP contribution in [-0.2, 0) is 6.61 Å². The molecule has 0 unspecified atom stereocenters. The van der Waals surface area contributed by atoms with Gasteiger partial charge in [-0.05, 0) is 47.0 Å². The number of aromatic amines is 1. The average Bonchev–Trinajstić information content (AvgIpc) is 3.32. The molecular formula is C27H23N3O2. The van der Waals surface area contributed by atoms with Gasteiger partial charge in [-0.2, -0.15) is 5.10 Å². The van der Waals surface area contributed by atoms with Crippen LogP contribution in [0.5, 0.6) is 5.75 Å². The monoisotopic (exact) mass is 421 g/mol. The first kappa shape index (κ1) is 19.8. The maximum atomic E-state index is 12.9. The fraction of sp³-hybridized carbons (Fsp3) is 0.111. The van der Waals surface area contributed by atoms with Crippen molar-refractivity contribution in [2.24, 2.45) is 0 Å². The predicted molar refractivity (Wildman–Crippen MR) is 126 cm³/mol. The number of benzene rings is 3. The largest absolute Gasteiger partial charge is 0.487 e. The van der Waals surface area contributed by atoms with Crippen LogP contribution in [0.2, 0.25) is 0 Å². The molecule has 0 fully saturated rings. The number of aromatic nitrogens is 2. The van der Waals surface area contributed by atoms with E-state index in [1.54, 1.807) is 0 Å². The summed E-state index contributed by atoms with van der Waals surface area (Å²) in [6.07, 6.45) is 6.80. The van der Waals surface area contributed by atoms with Crippen molar-refractivity contribution in [3.05, 3.63) is 114 Å². The van der Waals surface area contributed by atoms with Crippen molar-refractivity contribution in [2.75, 3.05) is 6.54 Å². The second kappa shape index (κ2) is 8.94. The van der Waals surface area contributed by atoms with Crippen molar-refractivity contribution in [1.82, 2.24) is 15.1 Å². The molecule has 158 valence electrons. The minimum absolute atomic E-state index is 0.0828. The summed E-state index contributed by atoms with van der Waals surface area (Å²) in [5.74, 6) is 0.898. The van der Waals surface area contributed by atoms with E-state index in [1.807, 2.05) is 90.1 Å². The van der Waals surface area contributed by atoms with Gasteiger partial charge in [0, 0.05) is 18.0 Å². The second-order valence-electron chi connectivity index (χ2n) is 7.78. The number of nitrogens with zero attached hydrogens (tertiary/aromatic N) is 2. The van der Waals surface area contributed by atoms with Crippen molar-refractivity contribution < 1.29 is 9.53 Å². The van der Waals surface area contributed by atoms with Crippen LogP contribution in [0.15, 0.2) is 97.3 Å². The number of ketones is 1. The van der Waals surface area contributed by atoms with Gasteiger partial charge < -0.3 is 9.64 Å². The Morgan fingerprint density at radius 1 is 0.969 bits per heavy atom. The van der Waals surface area contributed by atoms with E-state index in [-0.39, 0.29) is 12.3 Å². The van der Waals surface area contributed by atoms with Crippen LogP contribution in [-0.4, -0.2) is 27.4 Å². The maximum absolute atomic E-state index is 12.9. The van der Waals surface area contributed by atoms with E-state index in [9.17, 15) is 4.79 Å². The number of Topliss-reactive ketones (excluding diaryl/α,β-unsaturated/α-hetero) is 1. The van der Waals surface area contributed by atoms with E-state index in [2.05, 4.69) is 22.3 Å². The van der Waals surface area contributed by atoms with Crippen LogP contribution >= 0.6 is 0 Å². The highest BCUT2D eigenvalue weighted by atomic mass is 16.5. The quantitative estimate of drug-likeness (QED) is 0.396. The Labute approximate surface area is 186 Å². The normalized spacial score (nSPS) is 13.2. The number of allylic oxidation sites excluding steroid dienone is 2. The van der Waals surface area contributed by atoms with Gasteiger partial charge in [0.2, 0.25) is 0 Å². The van der Waals surface area contributed by atoms with Crippen LogP contribution in [0.4, 0.5) is 0 Å². The minimum Gasteiger partial charge on any atom is -0.487 e. The molecule has 0 saturated carbocycles. The zero-order valence-corrected chi connectivity index (χ0v) is 17.6. The third-order valence-corrected chi connectivity index (χ3v) is 5.46. The average molecular weight is 422 g/mol. The Morgan fingerprint density at radius 2 is 1.78 bits per heavy atom. The smallest absolute Gasteiger partial charge is 0.182 e. The molecule has 5 nitrogen and oxygen atoms in total. The summed E-state index contributed by atoms with van der Waals surface area (Å²) < 4.78 is 5.77. The second-order valence-corrected chi connectivity index (χ2v) is 7.78. The molecule has 0 aliphatic carbocycles. The molecule has 5 rings (SSSR count). The molecule has 0 bridgehead atoms. The summed E-state index contributed by atoms with van der Waals surface area (Å²) in [6, 6.07) is 25.6. The molecule has 1 aliphatic heterocycles. The summed E-state index contributed by atoms with van der Waals surface area (Å²) in [5.41, 5.74) is 3.57. The number of nitrogens with one attached hydrogen (secondary N) is 1. The molecule has 0 atom stereocenters. The highest BCUT2D eigenvalue weighted by molar-refractivity contribution is 6.01. The van der Waals surface area contributed by atoms with Crippen LogP contribution in [0.3, 0.4) is 0 Å². The molecule has 0 radical (unpaired) electrons. The van der Waals surface area contributed by atoms with Gasteiger partial charge in [-0.25, -0.2) is 0 Å². The topological polar surface area (TPSA) is 58.2 Å². The predicted octanol–water partition coefficient (Wildman–Crippen LogP) is 5.59. The first-order valence-corrected chi connectivity index (χ1v) is 10.6. The Balaban J connectivity index is 1.25. The van der Waals surface area contributed by atoms with Gasteiger partial charge in [0.25, 0.3) is 0 Å². The molecule has 0 saturated heterocycles. The first-order valence-electron chi connectivity index (χ1n) is 10.6. The SMILES string of the molecule is O=C(CN1C=CCC(c2cc(COc3ccccc3)n[nH]2)=C1)c1ccc2ccccc2c1. The van der Waals surface area contributed by atoms with Crippen molar-refractivity contribution in [2.45, 2.75) is 13.0 Å². The van der Waals surface area contributed by atoms with Gasteiger partial charge in [-0.3, -0.25) is 9.89 Å². The van der Waals surface area contributed by atoms with Crippen molar-refractivity contribution in [3.8, 4) is 5.75 Å². The Bertz CT molecular complexity index is 1300. The molecule has 32 heavy (non-hydrogen) atoms. The lowest BCUT2D eigenvalue weighted by atomic mass is 10.0. The molecule has 0 amide bonds. The molecule has 3 aromatic carbocycles. The fourth-order valence-electron chi connectivity index (χ4n) is 3.78. The summed E-state index contributed by atoms with van der Waals surface area (Å²) >= 11 is 0. The molecule has 0 spiro atoms. The molecule has 4 aromatic rings. The van der Waals surface area contributed by atoms with Gasteiger partial charge in [-0.1, -0.05) is 60.7 Å². The zero-order valence-electron chi connectivity index (χ0n) is 17.6. The summed E-state index contributed by atoms with van der Waals surface area (Å²) in [6.45, 7) is 0.685. The molecule has 1 aliphatic rings. The summed E-state index contributed by atoms with van der Waals surface area (Å²) in [4.78, 5) is 14.8. The van der Waals surface area contributed by atoms with Gasteiger partial charge in [-0.15, -0.1) is 0 Å². The number of hydrogen-bond donors (Lipinski definition) is 1. The Hall–Kier alpha value is -4.12. The number of carbonyl (C=O) groups excluding carboxylic acids is 1. The van der Waals surface area contributed by atoms with Crippen LogP contribution in [0.1, 0.15) is 28.2 Å². The van der Waals surface area contributed by atoms with Crippen LogP contribution < -0.4 is 4.74 Å².